The minimum Gasteiger partial charge on any atom is -0.396 e. The largest absolute Gasteiger partial charge is 0.396 e. The van der Waals surface area contributed by atoms with Gasteiger partial charge in [0.05, 0.1) is 0 Å². The van der Waals surface area contributed by atoms with Gasteiger partial charge >= 0.3 is 0 Å². The number of carbonyl (C=O) groups excluding carboxylic acids is 1. The van der Waals surface area contributed by atoms with E-state index < -0.39 is 0 Å². The summed E-state index contributed by atoms with van der Waals surface area (Å²) >= 11 is 0. The molecular weight excluding hydrogens is 204 g/mol. The Morgan fingerprint density at radius 3 is 2.62 bits per heavy atom. The number of amides is 1. The minimum atomic E-state index is 0.140. The normalized spacial score (nSPS) is 17.5. The van der Waals surface area contributed by atoms with Crippen molar-refractivity contribution in [1.29, 1.82) is 0 Å². The van der Waals surface area contributed by atoms with Gasteiger partial charge in [0, 0.05) is 31.7 Å². The molecule has 0 spiro atoms. The first-order valence-corrected chi connectivity index (χ1v) is 6.27. The Kier molecular flexibility index (Phi) is 5.77. The molecule has 1 aliphatic carbocycles. The van der Waals surface area contributed by atoms with Crippen LogP contribution in [-0.2, 0) is 4.79 Å². The standard InChI is InChI=1S/C12H24N2O2/c1-9(2)11(6-8-15)13-7-5-12(16)14-10-3-4-10/h9-11,13,15H,3-8H2,1-2H3,(H,14,16). The second-order valence-corrected chi connectivity index (χ2v) is 4.91. The second-order valence-electron chi connectivity index (χ2n) is 4.91. The summed E-state index contributed by atoms with van der Waals surface area (Å²) in [5, 5.41) is 15.2. The van der Waals surface area contributed by atoms with Crippen LogP contribution in [0.25, 0.3) is 0 Å². The fourth-order valence-corrected chi connectivity index (χ4v) is 1.71. The molecule has 16 heavy (non-hydrogen) atoms. The molecule has 94 valence electrons. The highest BCUT2D eigenvalue weighted by atomic mass is 16.3. The second kappa shape index (κ2) is 6.86. The van der Waals surface area contributed by atoms with Gasteiger partial charge in [-0.05, 0) is 25.2 Å². The van der Waals surface area contributed by atoms with Gasteiger partial charge in [0.1, 0.15) is 0 Å². The fourth-order valence-electron chi connectivity index (χ4n) is 1.71. The van der Waals surface area contributed by atoms with E-state index in [1.807, 2.05) is 0 Å². The average Bonchev–Trinajstić information content (AvgIpc) is 3.00. The third-order valence-electron chi connectivity index (χ3n) is 2.95. The molecule has 0 aromatic carbocycles. The molecule has 0 aliphatic heterocycles. The van der Waals surface area contributed by atoms with Gasteiger partial charge in [-0.15, -0.1) is 0 Å². The van der Waals surface area contributed by atoms with Crippen molar-refractivity contribution in [3.63, 3.8) is 0 Å². The zero-order valence-corrected chi connectivity index (χ0v) is 10.3. The van der Waals surface area contributed by atoms with Crippen molar-refractivity contribution in [2.75, 3.05) is 13.2 Å². The number of nitrogens with one attached hydrogen (secondary N) is 2. The van der Waals surface area contributed by atoms with Gasteiger partial charge < -0.3 is 15.7 Å². The van der Waals surface area contributed by atoms with Gasteiger partial charge in [-0.1, -0.05) is 13.8 Å². The van der Waals surface area contributed by atoms with Crippen molar-refractivity contribution < 1.29 is 9.90 Å². The highest BCUT2D eigenvalue weighted by Crippen LogP contribution is 2.18. The molecule has 1 rings (SSSR count). The molecule has 4 nitrogen and oxygen atoms in total. The van der Waals surface area contributed by atoms with Gasteiger partial charge in [-0.2, -0.15) is 0 Å². The van der Waals surface area contributed by atoms with Crippen LogP contribution >= 0.6 is 0 Å². The molecule has 1 aliphatic rings. The Morgan fingerprint density at radius 2 is 2.12 bits per heavy atom. The van der Waals surface area contributed by atoms with E-state index in [1.165, 1.54) is 0 Å². The maximum atomic E-state index is 11.4. The van der Waals surface area contributed by atoms with Crippen LogP contribution in [0.4, 0.5) is 0 Å². The summed E-state index contributed by atoms with van der Waals surface area (Å²) in [6.07, 6.45) is 3.56. The topological polar surface area (TPSA) is 61.4 Å². The first-order chi connectivity index (χ1) is 7.63. The van der Waals surface area contributed by atoms with Crippen LogP contribution in [0, 0.1) is 5.92 Å². The van der Waals surface area contributed by atoms with Crippen LogP contribution in [0.15, 0.2) is 0 Å². The predicted octanol–water partition coefficient (Wildman–Crippen LogP) is 0.652. The van der Waals surface area contributed by atoms with E-state index >= 15 is 0 Å². The summed E-state index contributed by atoms with van der Waals surface area (Å²) in [5.41, 5.74) is 0. The molecule has 1 saturated carbocycles. The van der Waals surface area contributed by atoms with Gasteiger partial charge in [0.2, 0.25) is 5.91 Å². The van der Waals surface area contributed by atoms with Gasteiger partial charge in [-0.25, -0.2) is 0 Å². The van der Waals surface area contributed by atoms with E-state index in [9.17, 15) is 4.79 Å². The summed E-state index contributed by atoms with van der Waals surface area (Å²) < 4.78 is 0. The Balaban J connectivity index is 2.08. The fraction of sp³-hybridized carbons (Fsp3) is 0.917. The lowest BCUT2D eigenvalue weighted by molar-refractivity contribution is -0.121. The van der Waals surface area contributed by atoms with Gasteiger partial charge in [0.25, 0.3) is 0 Å². The SMILES string of the molecule is CC(C)C(CCO)NCCC(=O)NC1CC1. The zero-order chi connectivity index (χ0) is 12.0. The average molecular weight is 228 g/mol. The van der Waals surface area contributed by atoms with Crippen LogP contribution in [0.5, 0.6) is 0 Å². The molecular formula is C12H24N2O2. The monoisotopic (exact) mass is 228 g/mol. The molecule has 0 aromatic rings. The predicted molar refractivity (Wildman–Crippen MR) is 64.1 cm³/mol. The quantitative estimate of drug-likeness (QED) is 0.572. The lowest BCUT2D eigenvalue weighted by Crippen LogP contribution is -2.37. The highest BCUT2D eigenvalue weighted by Gasteiger charge is 2.22. The maximum Gasteiger partial charge on any atom is 0.221 e. The maximum absolute atomic E-state index is 11.4. The molecule has 0 radical (unpaired) electrons. The molecule has 0 aromatic heterocycles. The summed E-state index contributed by atoms with van der Waals surface area (Å²) in [6, 6.07) is 0.754. The van der Waals surface area contributed by atoms with Crippen molar-refractivity contribution in [3.05, 3.63) is 0 Å². The van der Waals surface area contributed by atoms with Gasteiger partial charge in [-0.3, -0.25) is 4.79 Å². The van der Waals surface area contributed by atoms with Crippen LogP contribution in [0.2, 0.25) is 0 Å². The van der Waals surface area contributed by atoms with Crippen LogP contribution in [0.1, 0.15) is 39.5 Å². The highest BCUT2D eigenvalue weighted by molar-refractivity contribution is 5.76. The van der Waals surface area contributed by atoms with Crippen LogP contribution in [0.3, 0.4) is 0 Å². The Labute approximate surface area is 97.8 Å². The van der Waals surface area contributed by atoms with Crippen LogP contribution in [-0.4, -0.2) is 36.2 Å². The summed E-state index contributed by atoms with van der Waals surface area (Å²) in [5.74, 6) is 0.625. The minimum absolute atomic E-state index is 0.140. The van der Waals surface area contributed by atoms with Crippen LogP contribution < -0.4 is 10.6 Å². The number of carbonyl (C=O) groups is 1. The van der Waals surface area contributed by atoms with E-state index in [0.717, 1.165) is 19.3 Å². The van der Waals surface area contributed by atoms with E-state index in [2.05, 4.69) is 24.5 Å². The molecule has 4 heteroatoms. The third kappa shape index (κ3) is 5.47. The number of rotatable bonds is 8. The summed E-state index contributed by atoms with van der Waals surface area (Å²) in [7, 11) is 0. The number of hydrogen-bond donors (Lipinski definition) is 3. The van der Waals surface area contributed by atoms with Crippen molar-refractivity contribution in [2.24, 2.45) is 5.92 Å². The molecule has 1 amide bonds. The first-order valence-electron chi connectivity index (χ1n) is 6.27. The summed E-state index contributed by atoms with van der Waals surface area (Å²) in [4.78, 5) is 11.4. The lowest BCUT2D eigenvalue weighted by atomic mass is 10.0. The van der Waals surface area contributed by atoms with E-state index in [-0.39, 0.29) is 12.5 Å². The zero-order valence-electron chi connectivity index (χ0n) is 10.3. The Hall–Kier alpha value is -0.610. The van der Waals surface area contributed by atoms with Crippen molar-refractivity contribution >= 4 is 5.91 Å². The number of aliphatic hydroxyl groups excluding tert-OH is 1. The third-order valence-corrected chi connectivity index (χ3v) is 2.95. The molecule has 1 unspecified atom stereocenters. The molecule has 0 saturated heterocycles. The Bertz CT molecular complexity index is 215. The lowest BCUT2D eigenvalue weighted by Gasteiger charge is -2.21. The van der Waals surface area contributed by atoms with Gasteiger partial charge in [0.15, 0.2) is 0 Å². The van der Waals surface area contributed by atoms with Crippen molar-refractivity contribution in [2.45, 2.75) is 51.6 Å². The van der Waals surface area contributed by atoms with E-state index in [0.29, 0.717) is 31.0 Å². The van der Waals surface area contributed by atoms with E-state index in [1.54, 1.807) is 0 Å². The molecule has 1 fully saturated rings. The van der Waals surface area contributed by atoms with Crippen molar-refractivity contribution in [3.8, 4) is 0 Å². The van der Waals surface area contributed by atoms with E-state index in [4.69, 9.17) is 5.11 Å². The number of hydrogen-bond acceptors (Lipinski definition) is 3. The molecule has 3 N–H and O–H groups in total. The smallest absolute Gasteiger partial charge is 0.221 e. The Morgan fingerprint density at radius 1 is 1.44 bits per heavy atom. The molecule has 1 atom stereocenters. The molecule has 0 heterocycles. The summed E-state index contributed by atoms with van der Waals surface area (Å²) in [6.45, 7) is 5.14. The molecule has 0 bridgehead atoms. The number of aliphatic hydroxyl groups is 1. The first kappa shape index (κ1) is 13.5. The van der Waals surface area contributed by atoms with Crippen molar-refractivity contribution in [1.82, 2.24) is 10.6 Å².